The molecule has 5 nitrogen and oxygen atoms in total. The van der Waals surface area contributed by atoms with E-state index in [1.165, 1.54) is 12.1 Å². The van der Waals surface area contributed by atoms with Crippen LogP contribution in [0.5, 0.6) is 0 Å². The molecule has 0 unspecified atom stereocenters. The lowest BCUT2D eigenvalue weighted by Gasteiger charge is -2.26. The fourth-order valence-electron chi connectivity index (χ4n) is 3.77. The number of benzene rings is 1. The van der Waals surface area contributed by atoms with Gasteiger partial charge in [-0.1, -0.05) is 30.4 Å². The van der Waals surface area contributed by atoms with Gasteiger partial charge in [-0.25, -0.2) is 9.18 Å². The van der Waals surface area contributed by atoms with Gasteiger partial charge in [-0.3, -0.25) is 4.98 Å². The molecule has 1 aliphatic carbocycles. The van der Waals surface area contributed by atoms with Crippen LogP contribution in [0.4, 0.5) is 9.18 Å². The van der Waals surface area contributed by atoms with E-state index in [0.29, 0.717) is 29.5 Å². The lowest BCUT2D eigenvalue weighted by atomic mass is 9.85. The van der Waals surface area contributed by atoms with Crippen molar-refractivity contribution in [3.63, 3.8) is 0 Å². The average molecular weight is 380 g/mol. The van der Waals surface area contributed by atoms with Crippen LogP contribution < -0.4 is 5.32 Å². The van der Waals surface area contributed by atoms with E-state index in [0.717, 1.165) is 19.3 Å². The monoisotopic (exact) mass is 380 g/mol. The standard InChI is InChI=1S/C22H21FN2O3/c23-18-6-4-5-16(12-18)20-19(25-21(26)28-20)17-11-15(13-24-14-17)7-10-22(27)8-2-1-3-9-22/h4-6,11-14,19-20,27H,1-3,8-9H2,(H,25,26)/t19-,20-/m1/s1. The number of amides is 1. The summed E-state index contributed by atoms with van der Waals surface area (Å²) in [5.74, 6) is 5.62. The predicted molar refractivity (Wildman–Crippen MR) is 101 cm³/mol. The Balaban J connectivity index is 1.60. The highest BCUT2D eigenvalue weighted by Gasteiger charge is 2.37. The number of cyclic esters (lactones) is 1. The number of nitrogens with one attached hydrogen (secondary N) is 1. The van der Waals surface area contributed by atoms with Crippen molar-refractivity contribution in [1.29, 1.82) is 0 Å². The molecule has 2 fully saturated rings. The minimum Gasteiger partial charge on any atom is -0.439 e. The second kappa shape index (κ2) is 7.61. The molecule has 2 atom stereocenters. The third-order valence-electron chi connectivity index (χ3n) is 5.23. The third-order valence-corrected chi connectivity index (χ3v) is 5.23. The number of hydrogen-bond acceptors (Lipinski definition) is 4. The largest absolute Gasteiger partial charge is 0.439 e. The highest BCUT2D eigenvalue weighted by atomic mass is 19.1. The van der Waals surface area contributed by atoms with Crippen molar-refractivity contribution in [3.05, 3.63) is 65.2 Å². The molecule has 2 aromatic rings. The van der Waals surface area contributed by atoms with Crippen molar-refractivity contribution >= 4 is 6.09 Å². The number of nitrogens with zero attached hydrogens (tertiary/aromatic N) is 1. The van der Waals surface area contributed by atoms with Gasteiger partial charge in [0, 0.05) is 18.0 Å². The van der Waals surface area contributed by atoms with Gasteiger partial charge in [-0.2, -0.15) is 0 Å². The normalized spacial score (nSPS) is 23.3. The maximum Gasteiger partial charge on any atom is 0.408 e. The van der Waals surface area contributed by atoms with E-state index in [4.69, 9.17) is 4.74 Å². The lowest BCUT2D eigenvalue weighted by Crippen LogP contribution is -2.29. The summed E-state index contributed by atoms with van der Waals surface area (Å²) in [6.07, 6.45) is 6.48. The fraction of sp³-hybridized carbons (Fsp3) is 0.364. The molecule has 1 saturated carbocycles. The van der Waals surface area contributed by atoms with Crippen LogP contribution in [0, 0.1) is 17.7 Å². The van der Waals surface area contributed by atoms with Gasteiger partial charge in [0.2, 0.25) is 0 Å². The maximum absolute atomic E-state index is 13.6. The van der Waals surface area contributed by atoms with Crippen LogP contribution in [0.3, 0.4) is 0 Å². The fourth-order valence-corrected chi connectivity index (χ4v) is 3.77. The minimum absolute atomic E-state index is 0.391. The Labute approximate surface area is 162 Å². The van der Waals surface area contributed by atoms with Crippen LogP contribution in [0.25, 0.3) is 0 Å². The van der Waals surface area contributed by atoms with E-state index < -0.39 is 29.7 Å². The smallest absolute Gasteiger partial charge is 0.408 e. The molecule has 1 aromatic carbocycles. The van der Waals surface area contributed by atoms with Gasteiger partial charge in [-0.05, 0) is 55.0 Å². The molecular formula is C22H21FN2O3. The van der Waals surface area contributed by atoms with Gasteiger partial charge < -0.3 is 15.2 Å². The third kappa shape index (κ3) is 4.00. The van der Waals surface area contributed by atoms with Crippen molar-refractivity contribution in [3.8, 4) is 11.8 Å². The quantitative estimate of drug-likeness (QED) is 0.778. The number of hydrogen-bond donors (Lipinski definition) is 2. The zero-order valence-electron chi connectivity index (χ0n) is 15.3. The van der Waals surface area contributed by atoms with E-state index in [9.17, 15) is 14.3 Å². The predicted octanol–water partition coefficient (Wildman–Crippen LogP) is 3.79. The van der Waals surface area contributed by atoms with Gasteiger partial charge in [0.25, 0.3) is 0 Å². The zero-order chi connectivity index (χ0) is 19.6. The molecule has 1 saturated heterocycles. The summed E-state index contributed by atoms with van der Waals surface area (Å²) in [5, 5.41) is 13.3. The van der Waals surface area contributed by atoms with Crippen molar-refractivity contribution in [2.24, 2.45) is 0 Å². The SMILES string of the molecule is O=C1N[C@H](c2cncc(C#CC3(O)CCCCC3)c2)[C@@H](c2cccc(F)c2)O1. The van der Waals surface area contributed by atoms with Gasteiger partial charge in [-0.15, -0.1) is 0 Å². The second-order valence-electron chi connectivity index (χ2n) is 7.35. The van der Waals surface area contributed by atoms with Crippen LogP contribution in [-0.4, -0.2) is 21.8 Å². The van der Waals surface area contributed by atoms with E-state index in [1.807, 2.05) is 6.07 Å². The Bertz CT molecular complexity index is 944. The summed E-state index contributed by atoms with van der Waals surface area (Å²) in [5.41, 5.74) is 0.984. The number of halogens is 1. The Kier molecular flexibility index (Phi) is 5.01. The molecular weight excluding hydrogens is 359 g/mol. The summed E-state index contributed by atoms with van der Waals surface area (Å²) in [7, 11) is 0. The molecule has 1 aromatic heterocycles. The van der Waals surface area contributed by atoms with Crippen molar-refractivity contribution < 1.29 is 19.0 Å². The van der Waals surface area contributed by atoms with Gasteiger partial charge in [0.15, 0.2) is 6.10 Å². The zero-order valence-corrected chi connectivity index (χ0v) is 15.3. The van der Waals surface area contributed by atoms with E-state index in [-0.39, 0.29) is 0 Å². The number of carbonyl (C=O) groups is 1. The molecule has 2 N–H and O–H groups in total. The number of aliphatic hydroxyl groups is 1. The Morgan fingerprint density at radius 1 is 1.18 bits per heavy atom. The molecule has 4 rings (SSSR count). The topological polar surface area (TPSA) is 71.5 Å². The summed E-state index contributed by atoms with van der Waals surface area (Å²) in [6.45, 7) is 0. The summed E-state index contributed by atoms with van der Waals surface area (Å²) in [4.78, 5) is 16.1. The minimum atomic E-state index is -0.941. The van der Waals surface area contributed by atoms with Crippen LogP contribution in [0.2, 0.25) is 0 Å². The number of rotatable bonds is 2. The first-order chi connectivity index (χ1) is 13.5. The second-order valence-corrected chi connectivity index (χ2v) is 7.35. The Morgan fingerprint density at radius 3 is 2.79 bits per heavy atom. The first-order valence-corrected chi connectivity index (χ1v) is 9.46. The van der Waals surface area contributed by atoms with Crippen LogP contribution in [-0.2, 0) is 4.74 Å². The lowest BCUT2D eigenvalue weighted by molar-refractivity contribution is 0.0610. The summed E-state index contributed by atoms with van der Waals surface area (Å²) in [6, 6.07) is 7.32. The van der Waals surface area contributed by atoms with Gasteiger partial charge in [0.05, 0.1) is 0 Å². The van der Waals surface area contributed by atoms with Crippen molar-refractivity contribution in [2.45, 2.75) is 49.9 Å². The molecule has 1 amide bonds. The van der Waals surface area contributed by atoms with Gasteiger partial charge >= 0.3 is 6.09 Å². The molecule has 0 spiro atoms. The van der Waals surface area contributed by atoms with Crippen LogP contribution in [0.15, 0.2) is 42.7 Å². The molecule has 28 heavy (non-hydrogen) atoms. The first-order valence-electron chi connectivity index (χ1n) is 9.46. The van der Waals surface area contributed by atoms with E-state index in [1.54, 1.807) is 24.5 Å². The number of pyridine rings is 1. The van der Waals surface area contributed by atoms with Crippen LogP contribution >= 0.6 is 0 Å². The molecule has 6 heteroatoms. The van der Waals surface area contributed by atoms with Crippen LogP contribution in [0.1, 0.15) is 60.9 Å². The molecule has 2 heterocycles. The first kappa shape index (κ1) is 18.5. The average Bonchev–Trinajstić information content (AvgIpc) is 3.09. The molecule has 0 bridgehead atoms. The van der Waals surface area contributed by atoms with E-state index >= 15 is 0 Å². The summed E-state index contributed by atoms with van der Waals surface area (Å²) < 4.78 is 19.0. The van der Waals surface area contributed by atoms with Crippen molar-refractivity contribution in [1.82, 2.24) is 10.3 Å². The summed E-state index contributed by atoms with van der Waals surface area (Å²) >= 11 is 0. The highest BCUT2D eigenvalue weighted by Crippen LogP contribution is 2.36. The molecule has 144 valence electrons. The van der Waals surface area contributed by atoms with Crippen molar-refractivity contribution in [2.75, 3.05) is 0 Å². The number of carbonyl (C=O) groups excluding carboxylic acids is 1. The molecule has 0 radical (unpaired) electrons. The molecule has 2 aliphatic rings. The Hall–Kier alpha value is -2.91. The number of alkyl carbamates (subject to hydrolysis) is 1. The Morgan fingerprint density at radius 2 is 2.00 bits per heavy atom. The number of aromatic nitrogens is 1. The van der Waals surface area contributed by atoms with E-state index in [2.05, 4.69) is 22.1 Å². The maximum atomic E-state index is 13.6. The molecule has 1 aliphatic heterocycles. The highest BCUT2D eigenvalue weighted by molar-refractivity contribution is 5.71. The van der Waals surface area contributed by atoms with Gasteiger partial charge in [0.1, 0.15) is 17.5 Å². The number of ether oxygens (including phenoxy) is 1.